The number of anilines is 2. The number of aromatic nitrogens is 4. The number of nitrogens with one attached hydrogen (secondary N) is 2. The highest BCUT2D eigenvalue weighted by Crippen LogP contribution is 2.40. The van der Waals surface area contributed by atoms with Gasteiger partial charge in [-0.3, -0.25) is 4.79 Å². The number of hydrogen-bond donors (Lipinski definition) is 2. The fourth-order valence-corrected chi connectivity index (χ4v) is 5.61. The van der Waals surface area contributed by atoms with Crippen molar-refractivity contribution in [2.75, 3.05) is 11.9 Å². The van der Waals surface area contributed by atoms with Crippen molar-refractivity contribution in [2.45, 2.75) is 26.2 Å². The zero-order valence-electron chi connectivity index (χ0n) is 15.2. The van der Waals surface area contributed by atoms with Gasteiger partial charge in [-0.25, -0.2) is 9.97 Å². The summed E-state index contributed by atoms with van der Waals surface area (Å²) in [5.74, 6) is 1.02. The van der Waals surface area contributed by atoms with Crippen LogP contribution in [0.1, 0.15) is 23.8 Å². The molecule has 3 heterocycles. The molecular formula is C19H18N6OS2. The molecule has 28 heavy (non-hydrogen) atoms. The second kappa shape index (κ2) is 7.06. The van der Waals surface area contributed by atoms with Crippen molar-refractivity contribution in [3.63, 3.8) is 0 Å². The molecule has 1 unspecified atom stereocenters. The van der Waals surface area contributed by atoms with Gasteiger partial charge in [-0.1, -0.05) is 4.49 Å². The number of carbonyl (C=O) groups excluding carboxylic acids is 1. The van der Waals surface area contributed by atoms with Crippen molar-refractivity contribution in [1.29, 1.82) is 0 Å². The molecule has 142 valence electrons. The summed E-state index contributed by atoms with van der Waals surface area (Å²) in [5, 5.41) is 11.6. The largest absolute Gasteiger partial charge is 0.356 e. The molecule has 1 amide bonds. The third kappa shape index (κ3) is 3.00. The topological polar surface area (TPSA) is 92.7 Å². The van der Waals surface area contributed by atoms with E-state index in [9.17, 15) is 4.79 Å². The molecule has 0 radical (unpaired) electrons. The number of carbonyl (C=O) groups is 1. The van der Waals surface area contributed by atoms with E-state index in [0.717, 1.165) is 51.2 Å². The lowest BCUT2D eigenvalue weighted by Crippen LogP contribution is -2.33. The second-order valence-corrected chi connectivity index (χ2v) is 8.69. The van der Waals surface area contributed by atoms with Crippen LogP contribution in [0.4, 0.5) is 11.5 Å². The Morgan fingerprint density at radius 3 is 3.14 bits per heavy atom. The lowest BCUT2D eigenvalue weighted by molar-refractivity contribution is -0.125. The summed E-state index contributed by atoms with van der Waals surface area (Å²) >= 11 is 3.06. The van der Waals surface area contributed by atoms with Crippen molar-refractivity contribution < 1.29 is 4.79 Å². The van der Waals surface area contributed by atoms with E-state index in [1.165, 1.54) is 22.0 Å². The van der Waals surface area contributed by atoms with E-state index in [0.29, 0.717) is 6.54 Å². The molecule has 3 aromatic heterocycles. The third-order valence-electron chi connectivity index (χ3n) is 5.08. The highest BCUT2D eigenvalue weighted by Gasteiger charge is 2.28. The van der Waals surface area contributed by atoms with Crippen LogP contribution in [0.15, 0.2) is 24.5 Å². The van der Waals surface area contributed by atoms with Crippen LogP contribution in [0.2, 0.25) is 0 Å². The van der Waals surface area contributed by atoms with Crippen molar-refractivity contribution in [1.82, 2.24) is 24.9 Å². The molecule has 0 spiro atoms. The van der Waals surface area contributed by atoms with E-state index in [-0.39, 0.29) is 11.8 Å². The summed E-state index contributed by atoms with van der Waals surface area (Å²) in [6.45, 7) is 2.63. The minimum atomic E-state index is 0.0473. The highest BCUT2D eigenvalue weighted by atomic mass is 32.1. The van der Waals surface area contributed by atoms with Gasteiger partial charge in [0.15, 0.2) is 0 Å². The first-order valence-corrected chi connectivity index (χ1v) is 10.8. The number of amides is 1. The number of benzene rings is 1. The average Bonchev–Trinajstić information content (AvgIpc) is 3.31. The van der Waals surface area contributed by atoms with Gasteiger partial charge in [-0.05, 0) is 61.5 Å². The Kier molecular flexibility index (Phi) is 4.40. The van der Waals surface area contributed by atoms with Crippen molar-refractivity contribution in [3.05, 3.63) is 35.0 Å². The lowest BCUT2D eigenvalue weighted by atomic mass is 9.87. The van der Waals surface area contributed by atoms with E-state index in [1.54, 1.807) is 17.7 Å². The molecule has 0 fully saturated rings. The summed E-state index contributed by atoms with van der Waals surface area (Å²) in [4.78, 5) is 23.5. The second-order valence-electron chi connectivity index (χ2n) is 6.82. The predicted octanol–water partition coefficient (Wildman–Crippen LogP) is 3.68. The first-order valence-electron chi connectivity index (χ1n) is 9.25. The molecule has 0 saturated carbocycles. The molecule has 0 saturated heterocycles. The van der Waals surface area contributed by atoms with Gasteiger partial charge >= 0.3 is 0 Å². The number of rotatable bonds is 4. The molecule has 1 aromatic carbocycles. The van der Waals surface area contributed by atoms with Crippen LogP contribution < -0.4 is 10.6 Å². The molecule has 1 atom stereocenters. The van der Waals surface area contributed by atoms with E-state index < -0.39 is 0 Å². The third-order valence-corrected chi connectivity index (χ3v) is 6.93. The van der Waals surface area contributed by atoms with Crippen molar-refractivity contribution >= 4 is 60.7 Å². The maximum Gasteiger partial charge on any atom is 0.223 e. The Hall–Kier alpha value is -2.65. The van der Waals surface area contributed by atoms with E-state index in [1.807, 2.05) is 25.1 Å². The molecular weight excluding hydrogens is 392 g/mol. The van der Waals surface area contributed by atoms with Gasteiger partial charge in [0.1, 0.15) is 22.5 Å². The Balaban J connectivity index is 1.50. The van der Waals surface area contributed by atoms with Crippen LogP contribution in [0.3, 0.4) is 0 Å². The van der Waals surface area contributed by atoms with Crippen LogP contribution in [0.25, 0.3) is 20.4 Å². The Morgan fingerprint density at radius 1 is 1.32 bits per heavy atom. The van der Waals surface area contributed by atoms with Crippen LogP contribution >= 0.6 is 22.9 Å². The Labute approximate surface area is 169 Å². The minimum absolute atomic E-state index is 0.0473. The van der Waals surface area contributed by atoms with Gasteiger partial charge in [-0.15, -0.1) is 16.4 Å². The molecule has 9 heteroatoms. The maximum absolute atomic E-state index is 12.3. The standard InChI is InChI=1S/C19H18N6OS2/c1-2-20-18(26)10-3-5-12-14(7-10)27-19-16(12)17(21-9-22-19)23-11-4-6-13-15(8-11)28-25-24-13/h4,6,8-10H,2-3,5,7H2,1H3,(H,20,26)(H,21,22,23). The van der Waals surface area contributed by atoms with Crippen molar-refractivity contribution in [3.8, 4) is 0 Å². The van der Waals surface area contributed by atoms with E-state index in [4.69, 9.17) is 0 Å². The van der Waals surface area contributed by atoms with E-state index >= 15 is 0 Å². The average molecular weight is 411 g/mol. The van der Waals surface area contributed by atoms with E-state index in [2.05, 4.69) is 30.2 Å². The van der Waals surface area contributed by atoms with Crippen LogP contribution in [-0.2, 0) is 17.6 Å². The normalized spacial score (nSPS) is 16.2. The molecule has 5 rings (SSSR count). The number of nitrogens with zero attached hydrogens (tertiary/aromatic N) is 4. The fourth-order valence-electron chi connectivity index (χ4n) is 3.74. The van der Waals surface area contributed by atoms with Crippen molar-refractivity contribution in [2.24, 2.45) is 5.92 Å². The van der Waals surface area contributed by atoms with Crippen LogP contribution in [0, 0.1) is 5.92 Å². The summed E-state index contributed by atoms with van der Waals surface area (Å²) in [6, 6.07) is 5.99. The SMILES string of the molecule is CCNC(=O)C1CCc2c(sc3ncnc(Nc4ccc5nnsc5c4)c23)C1. The number of thiophene rings is 1. The Bertz CT molecular complexity index is 1180. The molecule has 1 aliphatic rings. The summed E-state index contributed by atoms with van der Waals surface area (Å²) in [7, 11) is 0. The quantitative estimate of drug-likeness (QED) is 0.533. The smallest absolute Gasteiger partial charge is 0.223 e. The fraction of sp³-hybridized carbons (Fsp3) is 0.316. The van der Waals surface area contributed by atoms with Gasteiger partial charge in [-0.2, -0.15) is 0 Å². The predicted molar refractivity (Wildman–Crippen MR) is 112 cm³/mol. The summed E-state index contributed by atoms with van der Waals surface area (Å²) in [6.07, 6.45) is 4.11. The Morgan fingerprint density at radius 2 is 2.25 bits per heavy atom. The van der Waals surface area contributed by atoms with Gasteiger partial charge in [0, 0.05) is 23.0 Å². The first-order chi connectivity index (χ1) is 13.7. The molecule has 7 nitrogen and oxygen atoms in total. The maximum atomic E-state index is 12.3. The molecule has 0 aliphatic heterocycles. The summed E-state index contributed by atoms with van der Waals surface area (Å²) < 4.78 is 5.03. The number of aryl methyl sites for hydroxylation is 1. The number of hydrogen-bond acceptors (Lipinski definition) is 8. The zero-order chi connectivity index (χ0) is 19.1. The van der Waals surface area contributed by atoms with Crippen LogP contribution in [-0.4, -0.2) is 32.0 Å². The monoisotopic (exact) mass is 410 g/mol. The first kappa shape index (κ1) is 17.4. The van der Waals surface area contributed by atoms with Gasteiger partial charge < -0.3 is 10.6 Å². The lowest BCUT2D eigenvalue weighted by Gasteiger charge is -2.21. The van der Waals surface area contributed by atoms with Crippen LogP contribution in [0.5, 0.6) is 0 Å². The minimum Gasteiger partial charge on any atom is -0.356 e. The van der Waals surface area contributed by atoms with Gasteiger partial charge in [0.25, 0.3) is 0 Å². The zero-order valence-corrected chi connectivity index (χ0v) is 16.9. The number of fused-ring (bicyclic) bond motifs is 4. The van der Waals surface area contributed by atoms with Gasteiger partial charge in [0.05, 0.1) is 10.1 Å². The molecule has 2 N–H and O–H groups in total. The van der Waals surface area contributed by atoms with Gasteiger partial charge in [0.2, 0.25) is 5.91 Å². The molecule has 4 aromatic rings. The highest BCUT2D eigenvalue weighted by molar-refractivity contribution is 7.19. The molecule has 0 bridgehead atoms. The molecule has 1 aliphatic carbocycles. The summed E-state index contributed by atoms with van der Waals surface area (Å²) in [5.41, 5.74) is 3.13.